The number of hydrogen-bond donors (Lipinski definition) is 1. The molecule has 0 aliphatic heterocycles. The third-order valence-electron chi connectivity index (χ3n) is 3.74. The number of para-hydroxylation sites is 1. The summed E-state index contributed by atoms with van der Waals surface area (Å²) >= 11 is 1.23. The van der Waals surface area contributed by atoms with Crippen LogP contribution in [0.5, 0.6) is 0 Å². The predicted octanol–water partition coefficient (Wildman–Crippen LogP) is 1.99. The number of anilines is 1. The maximum absolute atomic E-state index is 12.4. The first-order chi connectivity index (χ1) is 13.1. The molecule has 2 heterocycles. The second kappa shape index (κ2) is 8.54. The molecule has 0 spiro atoms. The second-order valence-corrected chi connectivity index (χ2v) is 6.54. The van der Waals surface area contributed by atoms with Gasteiger partial charge in [0.05, 0.1) is 36.0 Å². The van der Waals surface area contributed by atoms with Gasteiger partial charge in [0.1, 0.15) is 0 Å². The number of carbonyl (C=O) groups excluding carboxylic acids is 2. The van der Waals surface area contributed by atoms with Crippen molar-refractivity contribution in [3.05, 3.63) is 52.0 Å². The number of thiazole rings is 1. The summed E-state index contributed by atoms with van der Waals surface area (Å²) < 4.78 is 6.28. The Morgan fingerprint density at radius 1 is 1.30 bits per heavy atom. The van der Waals surface area contributed by atoms with Crippen molar-refractivity contribution >= 4 is 39.2 Å². The van der Waals surface area contributed by atoms with Crippen molar-refractivity contribution in [2.75, 3.05) is 11.9 Å². The number of carbonyl (C=O) groups is 2. The van der Waals surface area contributed by atoms with Gasteiger partial charge in [-0.15, -0.1) is 11.3 Å². The molecule has 0 unspecified atom stereocenters. The maximum atomic E-state index is 12.4. The van der Waals surface area contributed by atoms with Crippen LogP contribution < -0.4 is 10.9 Å². The van der Waals surface area contributed by atoms with Crippen LogP contribution in [0, 0.1) is 0 Å². The Hall–Kier alpha value is -3.07. The lowest BCUT2D eigenvalue weighted by Crippen LogP contribution is -2.23. The SMILES string of the molecule is CCOC(=O)Cc1csc(NC(=O)CCn2cnc3ccccc3c2=O)n1. The molecule has 3 aromatic rings. The fourth-order valence-electron chi connectivity index (χ4n) is 2.47. The van der Waals surface area contributed by atoms with Gasteiger partial charge in [0, 0.05) is 18.3 Å². The molecule has 1 N–H and O–H groups in total. The Morgan fingerprint density at radius 2 is 2.11 bits per heavy atom. The zero-order valence-corrected chi connectivity index (χ0v) is 15.5. The molecule has 0 aliphatic rings. The number of amides is 1. The molecule has 27 heavy (non-hydrogen) atoms. The third kappa shape index (κ3) is 4.76. The van der Waals surface area contributed by atoms with Crippen molar-refractivity contribution in [2.45, 2.75) is 26.3 Å². The molecule has 8 nitrogen and oxygen atoms in total. The van der Waals surface area contributed by atoms with Crippen LogP contribution in [0.1, 0.15) is 19.0 Å². The zero-order chi connectivity index (χ0) is 19.2. The second-order valence-electron chi connectivity index (χ2n) is 5.68. The van der Waals surface area contributed by atoms with Crippen molar-refractivity contribution in [3.8, 4) is 0 Å². The van der Waals surface area contributed by atoms with Gasteiger partial charge in [-0.3, -0.25) is 19.0 Å². The molecule has 140 valence electrons. The summed E-state index contributed by atoms with van der Waals surface area (Å²) in [5, 5.41) is 5.30. The van der Waals surface area contributed by atoms with E-state index in [4.69, 9.17) is 4.74 Å². The van der Waals surface area contributed by atoms with E-state index in [1.54, 1.807) is 30.5 Å². The van der Waals surface area contributed by atoms with Crippen molar-refractivity contribution < 1.29 is 14.3 Å². The Morgan fingerprint density at radius 3 is 2.93 bits per heavy atom. The Balaban J connectivity index is 1.57. The highest BCUT2D eigenvalue weighted by molar-refractivity contribution is 7.13. The minimum absolute atomic E-state index is 0.0678. The fraction of sp³-hybridized carbons (Fsp3) is 0.278. The zero-order valence-electron chi connectivity index (χ0n) is 14.7. The smallest absolute Gasteiger partial charge is 0.311 e. The van der Waals surface area contributed by atoms with Gasteiger partial charge < -0.3 is 10.1 Å². The van der Waals surface area contributed by atoms with Crippen molar-refractivity contribution in [2.24, 2.45) is 0 Å². The van der Waals surface area contributed by atoms with Gasteiger partial charge in [-0.1, -0.05) is 12.1 Å². The number of rotatable bonds is 7. The number of aryl methyl sites for hydroxylation is 1. The first-order valence-electron chi connectivity index (χ1n) is 8.41. The van der Waals surface area contributed by atoms with Gasteiger partial charge in [-0.2, -0.15) is 0 Å². The normalized spacial score (nSPS) is 10.7. The van der Waals surface area contributed by atoms with E-state index in [-0.39, 0.29) is 36.8 Å². The van der Waals surface area contributed by atoms with E-state index in [9.17, 15) is 14.4 Å². The summed E-state index contributed by atoms with van der Waals surface area (Å²) in [4.78, 5) is 44.4. The molecular formula is C18H18N4O4S. The molecule has 0 atom stereocenters. The summed E-state index contributed by atoms with van der Waals surface area (Å²) in [5.74, 6) is -0.629. The molecule has 0 radical (unpaired) electrons. The summed E-state index contributed by atoms with van der Waals surface area (Å²) in [5.41, 5.74) is 0.989. The van der Waals surface area contributed by atoms with E-state index in [1.807, 2.05) is 6.07 Å². The molecule has 0 fully saturated rings. The van der Waals surface area contributed by atoms with Crippen molar-refractivity contribution in [3.63, 3.8) is 0 Å². The standard InChI is InChI=1S/C18H18N4O4S/c1-2-26-16(24)9-12-10-27-18(20-12)21-15(23)7-8-22-11-19-14-6-4-3-5-13(14)17(22)25/h3-6,10-11H,2,7-9H2,1H3,(H,20,21,23). The van der Waals surface area contributed by atoms with Gasteiger partial charge in [0.15, 0.2) is 5.13 Å². The molecule has 2 aromatic heterocycles. The molecule has 9 heteroatoms. The van der Waals surface area contributed by atoms with E-state index in [2.05, 4.69) is 15.3 Å². The minimum Gasteiger partial charge on any atom is -0.466 e. The first-order valence-corrected chi connectivity index (χ1v) is 9.29. The topological polar surface area (TPSA) is 103 Å². The van der Waals surface area contributed by atoms with E-state index < -0.39 is 0 Å². The lowest BCUT2D eigenvalue weighted by atomic mass is 10.2. The van der Waals surface area contributed by atoms with E-state index in [1.165, 1.54) is 22.2 Å². The number of fused-ring (bicyclic) bond motifs is 1. The average molecular weight is 386 g/mol. The summed E-state index contributed by atoms with van der Waals surface area (Å²) in [6.45, 7) is 2.26. The fourth-order valence-corrected chi connectivity index (χ4v) is 3.20. The third-order valence-corrected chi connectivity index (χ3v) is 4.55. The molecule has 1 amide bonds. The van der Waals surface area contributed by atoms with Crippen LogP contribution >= 0.6 is 11.3 Å². The Kier molecular flexibility index (Phi) is 5.92. The summed E-state index contributed by atoms with van der Waals surface area (Å²) in [7, 11) is 0. The lowest BCUT2D eigenvalue weighted by Gasteiger charge is -2.06. The molecule has 0 saturated heterocycles. The molecule has 0 bridgehead atoms. The number of nitrogens with zero attached hydrogens (tertiary/aromatic N) is 3. The van der Waals surface area contributed by atoms with Crippen LogP contribution in [-0.4, -0.2) is 33.0 Å². The van der Waals surface area contributed by atoms with Gasteiger partial charge in [-0.05, 0) is 19.1 Å². The summed E-state index contributed by atoms with van der Waals surface area (Å²) in [6, 6.07) is 7.07. The number of ether oxygens (including phenoxy) is 1. The maximum Gasteiger partial charge on any atom is 0.311 e. The van der Waals surface area contributed by atoms with Crippen LogP contribution in [0.4, 0.5) is 5.13 Å². The molecular weight excluding hydrogens is 368 g/mol. The van der Waals surface area contributed by atoms with E-state index in [0.29, 0.717) is 28.3 Å². The van der Waals surface area contributed by atoms with Crippen molar-refractivity contribution in [1.29, 1.82) is 0 Å². The predicted molar refractivity (Wildman–Crippen MR) is 102 cm³/mol. The van der Waals surface area contributed by atoms with E-state index >= 15 is 0 Å². The van der Waals surface area contributed by atoms with Gasteiger partial charge in [0.25, 0.3) is 5.56 Å². The number of esters is 1. The molecule has 0 aliphatic carbocycles. The largest absolute Gasteiger partial charge is 0.466 e. The van der Waals surface area contributed by atoms with Gasteiger partial charge >= 0.3 is 5.97 Å². The highest BCUT2D eigenvalue weighted by Crippen LogP contribution is 2.16. The Labute approximate surface area is 158 Å². The summed E-state index contributed by atoms with van der Waals surface area (Å²) in [6.07, 6.45) is 1.61. The lowest BCUT2D eigenvalue weighted by molar-refractivity contribution is -0.142. The van der Waals surface area contributed by atoms with Gasteiger partial charge in [0.2, 0.25) is 5.91 Å². The van der Waals surface area contributed by atoms with Crippen molar-refractivity contribution in [1.82, 2.24) is 14.5 Å². The van der Waals surface area contributed by atoms with Gasteiger partial charge in [-0.25, -0.2) is 9.97 Å². The molecule has 0 saturated carbocycles. The quantitative estimate of drug-likeness (QED) is 0.623. The van der Waals surface area contributed by atoms with Crippen LogP contribution in [0.25, 0.3) is 10.9 Å². The average Bonchev–Trinajstić information content (AvgIpc) is 3.08. The number of benzene rings is 1. The van der Waals surface area contributed by atoms with E-state index in [0.717, 1.165) is 0 Å². The molecule has 3 rings (SSSR count). The number of nitrogens with one attached hydrogen (secondary N) is 1. The van der Waals surface area contributed by atoms with Crippen LogP contribution in [0.15, 0.2) is 40.8 Å². The number of hydrogen-bond acceptors (Lipinski definition) is 7. The Bertz CT molecular complexity index is 1030. The highest BCUT2D eigenvalue weighted by atomic mass is 32.1. The monoisotopic (exact) mass is 386 g/mol. The minimum atomic E-state index is -0.358. The van der Waals surface area contributed by atoms with Crippen LogP contribution in [-0.2, 0) is 27.3 Å². The van der Waals surface area contributed by atoms with Crippen LogP contribution in [0.2, 0.25) is 0 Å². The molecule has 1 aromatic carbocycles. The first kappa shape index (κ1) is 18.7. The highest BCUT2D eigenvalue weighted by Gasteiger charge is 2.11. The number of aromatic nitrogens is 3. The van der Waals surface area contributed by atoms with Crippen LogP contribution in [0.3, 0.4) is 0 Å².